The molecule has 2 aromatic heterocycles. The summed E-state index contributed by atoms with van der Waals surface area (Å²) in [6.45, 7) is 3.87. The maximum atomic E-state index is 13.6. The van der Waals surface area contributed by atoms with Crippen LogP contribution >= 0.6 is 0 Å². The van der Waals surface area contributed by atoms with Gasteiger partial charge in [-0.1, -0.05) is 36.4 Å². The smallest absolute Gasteiger partial charge is 0.317 e. The Labute approximate surface area is 164 Å². The quantitative estimate of drug-likeness (QED) is 0.412. The molecule has 1 aliphatic heterocycles. The Morgan fingerprint density at radius 1 is 1.00 bits per heavy atom. The molecule has 0 amide bonds. The van der Waals surface area contributed by atoms with Gasteiger partial charge in [0.2, 0.25) is 0 Å². The van der Waals surface area contributed by atoms with Gasteiger partial charge in [-0.05, 0) is 38.0 Å². The summed E-state index contributed by atoms with van der Waals surface area (Å²) < 4.78 is 42.5. The van der Waals surface area contributed by atoms with E-state index in [1.165, 1.54) is 0 Å². The van der Waals surface area contributed by atoms with Gasteiger partial charge in [-0.15, -0.1) is 0 Å². The Balaban J connectivity index is 2.02. The summed E-state index contributed by atoms with van der Waals surface area (Å²) in [5.41, 5.74) is 2.05. The van der Waals surface area contributed by atoms with E-state index >= 15 is 0 Å². The normalized spacial score (nSPS) is 15.3. The molecular weight excluding hydrogens is 379 g/mol. The summed E-state index contributed by atoms with van der Waals surface area (Å²) in [6.07, 6.45) is -4.41. The van der Waals surface area contributed by atoms with Crippen LogP contribution in [-0.4, -0.2) is 26.5 Å². The monoisotopic (exact) mass is 395 g/mol. The zero-order chi connectivity index (χ0) is 20.6. The molecule has 3 heterocycles. The number of hydrogen-bond donors (Lipinski definition) is 0. The number of halogens is 3. The fourth-order valence-corrected chi connectivity index (χ4v) is 4.30. The number of ketones is 1. The van der Waals surface area contributed by atoms with Crippen molar-refractivity contribution in [2.75, 3.05) is 0 Å². The number of rotatable bonds is 1. The number of para-hydroxylation sites is 2. The summed E-state index contributed by atoms with van der Waals surface area (Å²) in [6, 6.07) is 14.2. The van der Waals surface area contributed by atoms with Gasteiger partial charge >= 0.3 is 6.18 Å². The molecule has 0 N–H and O–H groups in total. The van der Waals surface area contributed by atoms with E-state index < -0.39 is 23.1 Å². The molecule has 0 saturated heterocycles. The second-order valence-corrected chi connectivity index (χ2v) is 7.92. The largest absolute Gasteiger partial charge is 0.455 e. The van der Waals surface area contributed by atoms with Crippen molar-refractivity contribution in [2.45, 2.75) is 32.0 Å². The van der Waals surface area contributed by atoms with E-state index in [9.17, 15) is 18.0 Å². The number of hydrogen-bond acceptors (Lipinski definition) is 3. The molecule has 7 heteroatoms. The van der Waals surface area contributed by atoms with Crippen LogP contribution in [0, 0.1) is 0 Å². The summed E-state index contributed by atoms with van der Waals surface area (Å²) in [4.78, 5) is 21.6. The Bertz CT molecular complexity index is 1320. The Morgan fingerprint density at radius 3 is 2.31 bits per heavy atom. The van der Waals surface area contributed by atoms with Crippen molar-refractivity contribution in [3.63, 3.8) is 0 Å². The molecule has 29 heavy (non-hydrogen) atoms. The first-order valence-corrected chi connectivity index (χ1v) is 9.20. The third-order valence-electron chi connectivity index (χ3n) is 5.45. The Kier molecular flexibility index (Phi) is 3.48. The number of fused-ring (bicyclic) bond motifs is 6. The first-order valence-electron chi connectivity index (χ1n) is 9.20. The number of carbonyl (C=O) groups is 1. The standard InChI is InChI=1S/C22H16F3N3O/c1-21(2)11-12-7-3-4-8-13(12)18-16(19(29)22(23,24)25)17-20(28(18)21)27-15-10-6-5-9-14(15)26-17/h3-10H,11H2,1-2H3. The minimum atomic E-state index is -5.01. The zero-order valence-electron chi connectivity index (χ0n) is 15.7. The van der Waals surface area contributed by atoms with Crippen LogP contribution in [0.1, 0.15) is 29.8 Å². The molecule has 0 saturated carbocycles. The van der Waals surface area contributed by atoms with Crippen molar-refractivity contribution in [1.82, 2.24) is 14.5 Å². The predicted molar refractivity (Wildman–Crippen MR) is 104 cm³/mol. The minimum Gasteiger partial charge on any atom is -0.317 e. The van der Waals surface area contributed by atoms with Gasteiger partial charge in [0.25, 0.3) is 5.78 Å². The van der Waals surface area contributed by atoms with Crippen LogP contribution in [0.25, 0.3) is 33.5 Å². The number of Topliss-reactive ketones (excluding diaryl/α,β-unsaturated/α-hetero) is 1. The molecular formula is C22H16F3N3O. The lowest BCUT2D eigenvalue weighted by Crippen LogP contribution is -2.34. The van der Waals surface area contributed by atoms with Gasteiger partial charge in [-0.25, -0.2) is 9.97 Å². The van der Waals surface area contributed by atoms with Gasteiger partial charge in [-0.2, -0.15) is 13.2 Å². The van der Waals surface area contributed by atoms with E-state index in [4.69, 9.17) is 0 Å². The van der Waals surface area contributed by atoms with Crippen LogP contribution in [0.3, 0.4) is 0 Å². The molecule has 0 fully saturated rings. The van der Waals surface area contributed by atoms with Crippen LogP contribution in [0.5, 0.6) is 0 Å². The van der Waals surface area contributed by atoms with Crippen molar-refractivity contribution in [3.05, 3.63) is 59.7 Å². The molecule has 1 aliphatic rings. The first-order chi connectivity index (χ1) is 13.7. The number of nitrogens with zero attached hydrogens (tertiary/aromatic N) is 3. The van der Waals surface area contributed by atoms with Crippen molar-refractivity contribution >= 4 is 28.0 Å². The molecule has 0 bridgehead atoms. The fraction of sp³-hybridized carbons (Fsp3) is 0.227. The number of aromatic nitrogens is 3. The van der Waals surface area contributed by atoms with Crippen molar-refractivity contribution in [1.29, 1.82) is 0 Å². The predicted octanol–water partition coefficient (Wildman–Crippen LogP) is 5.29. The van der Waals surface area contributed by atoms with E-state index in [2.05, 4.69) is 9.97 Å². The van der Waals surface area contributed by atoms with E-state index in [1.807, 2.05) is 26.0 Å². The van der Waals surface area contributed by atoms with Gasteiger partial charge < -0.3 is 4.57 Å². The maximum absolute atomic E-state index is 13.6. The molecule has 5 rings (SSSR count). The van der Waals surface area contributed by atoms with Crippen LogP contribution in [0.15, 0.2) is 48.5 Å². The molecule has 0 radical (unpaired) electrons. The van der Waals surface area contributed by atoms with Gasteiger partial charge in [0.1, 0.15) is 5.52 Å². The first kappa shape index (κ1) is 17.8. The van der Waals surface area contributed by atoms with Crippen LogP contribution < -0.4 is 0 Å². The number of benzene rings is 2. The number of alkyl halides is 3. The van der Waals surface area contributed by atoms with Crippen LogP contribution in [0.2, 0.25) is 0 Å². The van der Waals surface area contributed by atoms with E-state index in [0.29, 0.717) is 28.7 Å². The van der Waals surface area contributed by atoms with Gasteiger partial charge in [-0.3, -0.25) is 4.79 Å². The lowest BCUT2D eigenvalue weighted by Gasteiger charge is -2.35. The summed E-state index contributed by atoms with van der Waals surface area (Å²) >= 11 is 0. The second kappa shape index (κ2) is 5.65. The lowest BCUT2D eigenvalue weighted by molar-refractivity contribution is -0.0884. The lowest BCUT2D eigenvalue weighted by atomic mass is 9.85. The highest BCUT2D eigenvalue weighted by atomic mass is 19.4. The van der Waals surface area contributed by atoms with Crippen LogP contribution in [0.4, 0.5) is 13.2 Å². The highest BCUT2D eigenvalue weighted by Gasteiger charge is 2.46. The molecule has 2 aromatic carbocycles. The van der Waals surface area contributed by atoms with Gasteiger partial charge in [0, 0.05) is 11.1 Å². The van der Waals surface area contributed by atoms with E-state index in [0.717, 1.165) is 5.56 Å². The highest BCUT2D eigenvalue weighted by Crippen LogP contribution is 2.45. The molecule has 0 unspecified atom stereocenters. The summed E-state index contributed by atoms with van der Waals surface area (Å²) in [7, 11) is 0. The van der Waals surface area contributed by atoms with Crippen molar-refractivity contribution in [2.24, 2.45) is 0 Å². The number of carbonyl (C=O) groups excluding carboxylic acids is 1. The average Bonchev–Trinajstić information content (AvgIpc) is 2.99. The van der Waals surface area contributed by atoms with Crippen molar-refractivity contribution < 1.29 is 18.0 Å². The van der Waals surface area contributed by atoms with E-state index in [1.54, 1.807) is 41.0 Å². The Morgan fingerprint density at radius 2 is 1.62 bits per heavy atom. The molecule has 4 nitrogen and oxygen atoms in total. The SMILES string of the molecule is CC1(C)Cc2ccccc2-c2c(C(=O)C(F)(F)F)c3nc4ccccc4nc3n21. The third kappa shape index (κ3) is 2.50. The maximum Gasteiger partial charge on any atom is 0.455 e. The highest BCUT2D eigenvalue weighted by molar-refractivity contribution is 6.15. The van der Waals surface area contributed by atoms with Gasteiger partial charge in [0.15, 0.2) is 5.65 Å². The molecule has 0 spiro atoms. The third-order valence-corrected chi connectivity index (χ3v) is 5.45. The van der Waals surface area contributed by atoms with E-state index in [-0.39, 0.29) is 11.2 Å². The topological polar surface area (TPSA) is 47.8 Å². The van der Waals surface area contributed by atoms with Crippen LogP contribution in [-0.2, 0) is 12.0 Å². The second-order valence-electron chi connectivity index (χ2n) is 7.92. The average molecular weight is 395 g/mol. The summed E-state index contributed by atoms with van der Waals surface area (Å²) in [5, 5.41) is 0. The minimum absolute atomic E-state index is 0.00852. The van der Waals surface area contributed by atoms with Crippen molar-refractivity contribution in [3.8, 4) is 11.3 Å². The van der Waals surface area contributed by atoms with Gasteiger partial charge in [0.05, 0.1) is 22.3 Å². The molecule has 146 valence electrons. The zero-order valence-corrected chi connectivity index (χ0v) is 15.7. The molecule has 0 aliphatic carbocycles. The summed E-state index contributed by atoms with van der Waals surface area (Å²) in [5.74, 6) is -1.90. The molecule has 0 atom stereocenters. The molecule has 4 aromatic rings. The Hall–Kier alpha value is -3.22. The fourth-order valence-electron chi connectivity index (χ4n) is 4.30.